The zero-order valence-electron chi connectivity index (χ0n) is 26.5. The van der Waals surface area contributed by atoms with Crippen molar-refractivity contribution in [2.75, 3.05) is 38.7 Å². The summed E-state index contributed by atoms with van der Waals surface area (Å²) >= 11 is 0. The van der Waals surface area contributed by atoms with Crippen LogP contribution in [0.5, 0.6) is 23.0 Å². The number of nitrogens with two attached hydrogens (primary N) is 1. The van der Waals surface area contributed by atoms with E-state index >= 15 is 4.39 Å². The maximum atomic E-state index is 15.3. The van der Waals surface area contributed by atoms with E-state index in [2.05, 4.69) is 10.3 Å². The van der Waals surface area contributed by atoms with E-state index < -0.39 is 23.1 Å². The molecule has 1 aliphatic rings. The number of carbonyl (C=O) groups excluding carboxylic acids is 2. The standard InChI is InChI=1S/C36H33F2N5O6/c1-47-32-18-27-29(19-33(32)48-21-22-11-15-42(16-12-22)20-34(39)44)40-13-10-30(27)49-31-9-6-24(17-28(31)38)41-35(45)26-3-2-14-43(36(26)46)25-7-4-23(37)5-8-25/h2-10,13-14,17-19,22H,11-12,15-16,20-21H2,1H3,(H2,39,44)(H,41,45). The van der Waals surface area contributed by atoms with Crippen molar-refractivity contribution in [3.8, 4) is 28.7 Å². The Bertz CT molecular complexity index is 2060. The summed E-state index contributed by atoms with van der Waals surface area (Å²) in [6.07, 6.45) is 4.74. The SMILES string of the molecule is COc1cc2c(Oc3ccc(NC(=O)c4cccn(-c5ccc(F)cc5)c4=O)cc3F)ccnc2cc1OCC1CCN(CC(N)=O)CC1. The number of hydrogen-bond acceptors (Lipinski definition) is 8. The van der Waals surface area contributed by atoms with Gasteiger partial charge in [0.2, 0.25) is 5.91 Å². The number of pyridine rings is 2. The predicted octanol–water partition coefficient (Wildman–Crippen LogP) is 5.29. The maximum Gasteiger partial charge on any atom is 0.267 e. The third kappa shape index (κ3) is 7.68. The number of methoxy groups -OCH3 is 1. The summed E-state index contributed by atoms with van der Waals surface area (Å²) in [5.74, 6) is -0.818. The van der Waals surface area contributed by atoms with Crippen LogP contribution in [0.25, 0.3) is 16.6 Å². The highest BCUT2D eigenvalue weighted by Gasteiger charge is 2.22. The van der Waals surface area contributed by atoms with Gasteiger partial charge in [-0.25, -0.2) is 8.78 Å². The van der Waals surface area contributed by atoms with Crippen LogP contribution in [0.15, 0.2) is 90.0 Å². The lowest BCUT2D eigenvalue weighted by molar-refractivity contribution is -0.119. The van der Waals surface area contributed by atoms with Gasteiger partial charge in [0.05, 0.1) is 25.8 Å². The Labute approximate surface area is 279 Å². The molecule has 3 heterocycles. The third-order valence-corrected chi connectivity index (χ3v) is 8.25. The number of halogens is 2. The molecule has 6 rings (SSSR count). The van der Waals surface area contributed by atoms with Crippen molar-refractivity contribution in [2.24, 2.45) is 11.7 Å². The van der Waals surface area contributed by atoms with Gasteiger partial charge in [0.25, 0.3) is 11.5 Å². The predicted molar refractivity (Wildman–Crippen MR) is 179 cm³/mol. The molecule has 0 saturated carbocycles. The van der Waals surface area contributed by atoms with Crippen molar-refractivity contribution in [1.82, 2.24) is 14.5 Å². The summed E-state index contributed by atoms with van der Waals surface area (Å²) in [6.45, 7) is 2.26. The smallest absolute Gasteiger partial charge is 0.267 e. The fraction of sp³-hybridized carbons (Fsp3) is 0.222. The van der Waals surface area contributed by atoms with E-state index in [1.54, 1.807) is 18.2 Å². The second-order valence-electron chi connectivity index (χ2n) is 11.6. The van der Waals surface area contributed by atoms with Gasteiger partial charge in [-0.3, -0.25) is 28.8 Å². The molecule has 3 N–H and O–H groups in total. The Morgan fingerprint density at radius 2 is 1.73 bits per heavy atom. The van der Waals surface area contributed by atoms with Gasteiger partial charge in [0, 0.05) is 41.3 Å². The molecule has 11 nitrogen and oxygen atoms in total. The number of likely N-dealkylation sites (tertiary alicyclic amines) is 1. The minimum atomic E-state index is -0.756. The monoisotopic (exact) mass is 669 g/mol. The molecule has 0 spiro atoms. The van der Waals surface area contributed by atoms with Crippen molar-refractivity contribution in [1.29, 1.82) is 0 Å². The zero-order chi connectivity index (χ0) is 34.5. The van der Waals surface area contributed by atoms with E-state index in [9.17, 15) is 18.8 Å². The number of aromatic nitrogens is 2. The number of fused-ring (bicyclic) bond motifs is 1. The minimum absolute atomic E-state index is 0.105. The van der Waals surface area contributed by atoms with Gasteiger partial charge in [0.1, 0.15) is 17.1 Å². The summed E-state index contributed by atoms with van der Waals surface area (Å²) in [5.41, 5.74) is 5.54. The summed E-state index contributed by atoms with van der Waals surface area (Å²) in [7, 11) is 1.52. The van der Waals surface area contributed by atoms with Gasteiger partial charge >= 0.3 is 0 Å². The second-order valence-corrected chi connectivity index (χ2v) is 11.6. The van der Waals surface area contributed by atoms with Gasteiger partial charge in [-0.2, -0.15) is 0 Å². The van der Waals surface area contributed by atoms with Crippen LogP contribution in [0.1, 0.15) is 23.2 Å². The van der Waals surface area contributed by atoms with E-state index in [-0.39, 0.29) is 29.5 Å². The van der Waals surface area contributed by atoms with Crippen LogP contribution in [0.3, 0.4) is 0 Å². The van der Waals surface area contributed by atoms with Crippen molar-refractivity contribution in [2.45, 2.75) is 12.8 Å². The Morgan fingerprint density at radius 1 is 0.959 bits per heavy atom. The first-order valence-corrected chi connectivity index (χ1v) is 15.5. The van der Waals surface area contributed by atoms with Crippen LogP contribution in [0.4, 0.5) is 14.5 Å². The van der Waals surface area contributed by atoms with Gasteiger partial charge < -0.3 is 25.3 Å². The largest absolute Gasteiger partial charge is 0.493 e. The Balaban J connectivity index is 1.14. The van der Waals surface area contributed by atoms with Gasteiger partial charge in [-0.15, -0.1) is 0 Å². The molecule has 2 aromatic heterocycles. The van der Waals surface area contributed by atoms with Crippen molar-refractivity contribution in [3.63, 3.8) is 0 Å². The fourth-order valence-corrected chi connectivity index (χ4v) is 5.68. The molecule has 0 radical (unpaired) electrons. The Kier molecular flexibility index (Phi) is 9.81. The molecule has 0 bridgehead atoms. The molecular formula is C36H33F2N5O6. The average Bonchev–Trinajstić information content (AvgIpc) is 3.09. The van der Waals surface area contributed by atoms with Crippen molar-refractivity contribution < 1.29 is 32.6 Å². The Morgan fingerprint density at radius 3 is 2.45 bits per heavy atom. The molecule has 0 atom stereocenters. The average molecular weight is 670 g/mol. The molecule has 3 aromatic carbocycles. The first kappa shape index (κ1) is 33.1. The topological polar surface area (TPSA) is 138 Å². The van der Waals surface area contributed by atoms with Crippen molar-refractivity contribution in [3.05, 3.63) is 113 Å². The molecule has 0 aliphatic carbocycles. The van der Waals surface area contributed by atoms with Crippen LogP contribution in [-0.4, -0.2) is 59.6 Å². The van der Waals surface area contributed by atoms with Gasteiger partial charge in [0.15, 0.2) is 23.1 Å². The fourth-order valence-electron chi connectivity index (χ4n) is 5.68. The number of nitrogens with one attached hydrogen (secondary N) is 1. The summed E-state index contributed by atoms with van der Waals surface area (Å²) < 4.78 is 47.6. The zero-order valence-corrected chi connectivity index (χ0v) is 26.5. The number of carbonyl (C=O) groups is 2. The number of benzene rings is 3. The van der Waals surface area contributed by atoms with Gasteiger partial charge in [-0.1, -0.05) is 0 Å². The Hall–Kier alpha value is -5.82. The molecule has 1 fully saturated rings. The molecule has 1 aliphatic heterocycles. The molecule has 0 unspecified atom stereocenters. The molecular weight excluding hydrogens is 636 g/mol. The number of primary amides is 1. The highest BCUT2D eigenvalue weighted by atomic mass is 19.1. The summed E-state index contributed by atoms with van der Waals surface area (Å²) in [5, 5.41) is 3.11. The molecule has 1 saturated heterocycles. The number of amides is 2. The maximum absolute atomic E-state index is 15.3. The lowest BCUT2D eigenvalue weighted by Crippen LogP contribution is -2.40. The lowest BCUT2D eigenvalue weighted by Gasteiger charge is -2.31. The number of rotatable bonds is 11. The van der Waals surface area contributed by atoms with Crippen LogP contribution < -0.4 is 30.8 Å². The number of nitrogens with zero attached hydrogens (tertiary/aromatic N) is 3. The number of anilines is 1. The molecule has 2 amide bonds. The van der Waals surface area contributed by atoms with Crippen LogP contribution in [0, 0.1) is 17.6 Å². The molecule has 13 heteroatoms. The van der Waals surface area contributed by atoms with Crippen LogP contribution >= 0.6 is 0 Å². The lowest BCUT2D eigenvalue weighted by atomic mass is 9.98. The van der Waals surface area contributed by atoms with E-state index in [1.807, 2.05) is 4.90 Å². The van der Waals surface area contributed by atoms with Crippen molar-refractivity contribution >= 4 is 28.4 Å². The third-order valence-electron chi connectivity index (χ3n) is 8.25. The second kappa shape index (κ2) is 14.5. The van der Waals surface area contributed by atoms with E-state index in [0.29, 0.717) is 46.4 Å². The first-order valence-electron chi connectivity index (χ1n) is 15.5. The number of ether oxygens (including phenoxy) is 3. The minimum Gasteiger partial charge on any atom is -0.493 e. The molecule has 252 valence electrons. The number of piperidine rings is 1. The highest BCUT2D eigenvalue weighted by molar-refractivity contribution is 6.04. The van der Waals surface area contributed by atoms with Crippen LogP contribution in [-0.2, 0) is 4.79 Å². The normalized spacial score (nSPS) is 13.6. The first-order chi connectivity index (χ1) is 23.7. The van der Waals surface area contributed by atoms with E-state index in [1.165, 1.54) is 72.6 Å². The molecule has 5 aromatic rings. The number of hydrogen-bond donors (Lipinski definition) is 2. The van der Waals surface area contributed by atoms with Crippen LogP contribution in [0.2, 0.25) is 0 Å². The summed E-state index contributed by atoms with van der Waals surface area (Å²) in [4.78, 5) is 43.7. The summed E-state index contributed by atoms with van der Waals surface area (Å²) in [6, 6.07) is 17.1. The van der Waals surface area contributed by atoms with Gasteiger partial charge in [-0.05, 0) is 92.5 Å². The quantitative estimate of drug-likeness (QED) is 0.194. The van der Waals surface area contributed by atoms with E-state index in [4.69, 9.17) is 19.9 Å². The van der Waals surface area contributed by atoms with E-state index in [0.717, 1.165) is 32.0 Å². The molecule has 49 heavy (non-hydrogen) atoms. The highest BCUT2D eigenvalue weighted by Crippen LogP contribution is 2.38.